The van der Waals surface area contributed by atoms with Gasteiger partial charge in [0.1, 0.15) is 5.82 Å². The molecular formula is C26H34FN5O. The van der Waals surface area contributed by atoms with Gasteiger partial charge in [0.15, 0.2) is 0 Å². The van der Waals surface area contributed by atoms with Gasteiger partial charge in [-0.25, -0.2) is 14.4 Å². The number of halogens is 1. The molecule has 1 aliphatic heterocycles. The summed E-state index contributed by atoms with van der Waals surface area (Å²) in [6.07, 6.45) is 8.87. The molecule has 0 spiro atoms. The fraction of sp³-hybridized carbons (Fsp3) is 0.462. The smallest absolute Gasteiger partial charge is 0.223 e. The number of fused-ring (bicyclic) bond motifs is 1. The van der Waals surface area contributed by atoms with E-state index in [2.05, 4.69) is 48.3 Å². The molecule has 0 amide bonds. The molecule has 0 radical (unpaired) electrons. The summed E-state index contributed by atoms with van der Waals surface area (Å²) in [5, 5.41) is 18.0. The lowest BCUT2D eigenvalue weighted by Crippen LogP contribution is -2.60. The van der Waals surface area contributed by atoms with Crippen LogP contribution in [0.5, 0.6) is 0 Å². The fourth-order valence-electron chi connectivity index (χ4n) is 5.05. The first-order chi connectivity index (χ1) is 15.3. The molecule has 0 aliphatic carbocycles. The molecule has 4 rings (SSSR count). The second kappa shape index (κ2) is 8.22. The number of anilines is 1. The van der Waals surface area contributed by atoms with E-state index in [1.54, 1.807) is 32.2 Å². The van der Waals surface area contributed by atoms with E-state index in [0.29, 0.717) is 17.2 Å². The second-order valence-electron chi connectivity index (χ2n) is 11.0. The number of aromatic nitrogens is 3. The molecule has 7 heteroatoms. The summed E-state index contributed by atoms with van der Waals surface area (Å²) in [6, 6.07) is 5.04. The third-order valence-electron chi connectivity index (χ3n) is 5.91. The van der Waals surface area contributed by atoms with E-state index in [9.17, 15) is 9.50 Å². The molecule has 33 heavy (non-hydrogen) atoms. The minimum Gasteiger partial charge on any atom is -0.386 e. The average Bonchev–Trinajstić information content (AvgIpc) is 3.07. The average molecular weight is 452 g/mol. The number of benzene rings is 1. The van der Waals surface area contributed by atoms with Crippen molar-refractivity contribution in [3.63, 3.8) is 0 Å². The van der Waals surface area contributed by atoms with Crippen LogP contribution in [0.4, 0.5) is 10.3 Å². The zero-order valence-corrected chi connectivity index (χ0v) is 20.3. The highest BCUT2D eigenvalue weighted by molar-refractivity contribution is 5.99. The number of hydrogen-bond acceptors (Lipinski definition) is 5. The van der Waals surface area contributed by atoms with Crippen LogP contribution in [0.15, 0.2) is 36.7 Å². The van der Waals surface area contributed by atoms with Crippen LogP contribution >= 0.6 is 0 Å². The van der Waals surface area contributed by atoms with Crippen LogP contribution in [0.2, 0.25) is 0 Å². The first kappa shape index (κ1) is 23.4. The molecule has 176 valence electrons. The van der Waals surface area contributed by atoms with Gasteiger partial charge in [-0.3, -0.25) is 0 Å². The highest BCUT2D eigenvalue weighted by Gasteiger charge is 2.37. The number of aliphatic hydroxyl groups is 1. The molecule has 0 atom stereocenters. The van der Waals surface area contributed by atoms with Crippen molar-refractivity contribution in [2.75, 3.05) is 5.32 Å². The van der Waals surface area contributed by atoms with Crippen LogP contribution in [-0.4, -0.2) is 42.8 Å². The van der Waals surface area contributed by atoms with Gasteiger partial charge < -0.3 is 20.7 Å². The molecule has 2 aromatic heterocycles. The van der Waals surface area contributed by atoms with Crippen molar-refractivity contribution in [3.05, 3.63) is 48.0 Å². The number of aromatic amines is 1. The van der Waals surface area contributed by atoms with Crippen LogP contribution in [0.25, 0.3) is 28.2 Å². The molecule has 0 unspecified atom stereocenters. The van der Waals surface area contributed by atoms with Crippen molar-refractivity contribution in [1.82, 2.24) is 20.3 Å². The normalized spacial score (nSPS) is 18.8. The molecular weight excluding hydrogens is 417 g/mol. The van der Waals surface area contributed by atoms with Gasteiger partial charge in [-0.1, -0.05) is 12.2 Å². The standard InChI is InChI=1S/C26H34FN5O/c1-24(2)13-18(14-25(3,4)32-24)30-23-28-10-8-21(31-23)20-15-29-22-16(7-9-26(5,6)33)11-17(27)12-19(20)22/h7-12,15,18,29,32-33H,13-14H2,1-6H3,(H,28,30,31)/b9-7+. The summed E-state index contributed by atoms with van der Waals surface area (Å²) in [5.41, 5.74) is 2.02. The lowest BCUT2D eigenvalue weighted by molar-refractivity contribution is 0.134. The van der Waals surface area contributed by atoms with Crippen LogP contribution < -0.4 is 10.6 Å². The van der Waals surface area contributed by atoms with Gasteiger partial charge in [-0.05, 0) is 72.6 Å². The molecule has 0 saturated carbocycles. The highest BCUT2D eigenvalue weighted by Crippen LogP contribution is 2.33. The molecule has 3 aromatic rings. The lowest BCUT2D eigenvalue weighted by Gasteiger charge is -2.46. The summed E-state index contributed by atoms with van der Waals surface area (Å²) < 4.78 is 14.5. The Morgan fingerprint density at radius 2 is 1.88 bits per heavy atom. The molecule has 4 N–H and O–H groups in total. The minimum absolute atomic E-state index is 0.0123. The first-order valence-electron chi connectivity index (χ1n) is 11.4. The van der Waals surface area contributed by atoms with Gasteiger partial charge in [0.2, 0.25) is 5.95 Å². The van der Waals surface area contributed by atoms with Crippen molar-refractivity contribution < 1.29 is 9.50 Å². The Morgan fingerprint density at radius 3 is 2.55 bits per heavy atom. The van der Waals surface area contributed by atoms with E-state index >= 15 is 0 Å². The lowest BCUT2D eigenvalue weighted by atomic mass is 9.80. The topological polar surface area (TPSA) is 85.9 Å². The largest absolute Gasteiger partial charge is 0.386 e. The minimum atomic E-state index is -0.987. The van der Waals surface area contributed by atoms with E-state index in [1.165, 1.54) is 12.1 Å². The molecule has 3 heterocycles. The third kappa shape index (κ3) is 5.60. The predicted molar refractivity (Wildman–Crippen MR) is 133 cm³/mol. The second-order valence-corrected chi connectivity index (χ2v) is 11.0. The Balaban J connectivity index is 1.66. The summed E-state index contributed by atoms with van der Waals surface area (Å²) in [5.74, 6) is 0.226. The molecule has 1 saturated heterocycles. The SMILES string of the molecule is CC(C)(O)/C=C/c1cc(F)cc2c(-c3ccnc(NC4CC(C)(C)NC(C)(C)C4)n3)c[nH]c12. The van der Waals surface area contributed by atoms with Crippen molar-refractivity contribution in [1.29, 1.82) is 0 Å². The van der Waals surface area contributed by atoms with Crippen molar-refractivity contribution in [3.8, 4) is 11.3 Å². The fourth-order valence-corrected chi connectivity index (χ4v) is 5.05. The van der Waals surface area contributed by atoms with Gasteiger partial charge in [-0.15, -0.1) is 0 Å². The van der Waals surface area contributed by atoms with E-state index in [-0.39, 0.29) is 22.9 Å². The van der Waals surface area contributed by atoms with Crippen molar-refractivity contribution >= 4 is 22.9 Å². The summed E-state index contributed by atoms with van der Waals surface area (Å²) in [6.45, 7) is 12.2. The van der Waals surface area contributed by atoms with Crippen molar-refractivity contribution in [2.24, 2.45) is 0 Å². The van der Waals surface area contributed by atoms with Gasteiger partial charge in [0, 0.05) is 46.0 Å². The number of piperidine rings is 1. The van der Waals surface area contributed by atoms with Crippen LogP contribution in [0.1, 0.15) is 59.9 Å². The van der Waals surface area contributed by atoms with Gasteiger partial charge >= 0.3 is 0 Å². The molecule has 1 aromatic carbocycles. The maximum absolute atomic E-state index is 14.5. The van der Waals surface area contributed by atoms with Crippen LogP contribution in [-0.2, 0) is 0 Å². The Morgan fingerprint density at radius 1 is 1.18 bits per heavy atom. The summed E-state index contributed by atoms with van der Waals surface area (Å²) in [4.78, 5) is 12.5. The Hall–Kier alpha value is -2.77. The van der Waals surface area contributed by atoms with Crippen molar-refractivity contribution in [2.45, 2.75) is 77.1 Å². The number of hydrogen-bond donors (Lipinski definition) is 4. The zero-order valence-electron chi connectivity index (χ0n) is 20.3. The molecule has 0 bridgehead atoms. The summed E-state index contributed by atoms with van der Waals surface area (Å²) in [7, 11) is 0. The van der Waals surface area contributed by atoms with E-state index in [1.807, 2.05) is 12.3 Å². The van der Waals surface area contributed by atoms with Crippen LogP contribution in [0.3, 0.4) is 0 Å². The van der Waals surface area contributed by atoms with E-state index < -0.39 is 5.60 Å². The Bertz CT molecular complexity index is 1170. The van der Waals surface area contributed by atoms with Crippen LogP contribution in [0, 0.1) is 5.82 Å². The van der Waals surface area contributed by atoms with E-state index in [0.717, 1.165) is 29.3 Å². The van der Waals surface area contributed by atoms with Gasteiger partial charge in [0.05, 0.1) is 16.8 Å². The van der Waals surface area contributed by atoms with E-state index in [4.69, 9.17) is 4.98 Å². The Labute approximate surface area is 194 Å². The number of nitrogens with one attached hydrogen (secondary N) is 3. The molecule has 1 fully saturated rings. The quantitative estimate of drug-likeness (QED) is 0.425. The number of H-pyrrole nitrogens is 1. The first-order valence-corrected chi connectivity index (χ1v) is 11.4. The number of rotatable bonds is 5. The zero-order chi connectivity index (χ0) is 24.0. The maximum Gasteiger partial charge on any atom is 0.223 e. The third-order valence-corrected chi connectivity index (χ3v) is 5.91. The molecule has 6 nitrogen and oxygen atoms in total. The van der Waals surface area contributed by atoms with Gasteiger partial charge in [0.25, 0.3) is 0 Å². The monoisotopic (exact) mass is 451 g/mol. The maximum atomic E-state index is 14.5. The highest BCUT2D eigenvalue weighted by atomic mass is 19.1. The predicted octanol–water partition coefficient (Wildman–Crippen LogP) is 5.27. The Kier molecular flexibility index (Phi) is 5.83. The van der Waals surface area contributed by atoms with Gasteiger partial charge in [-0.2, -0.15) is 0 Å². The number of nitrogens with zero attached hydrogens (tertiary/aromatic N) is 2. The summed E-state index contributed by atoms with van der Waals surface area (Å²) >= 11 is 0. The molecule has 1 aliphatic rings.